The Bertz CT molecular complexity index is 427. The SMILES string of the molecule is COC1CN(c2c(F)cccc2[C@H](C)O)CC1OC. The van der Waals surface area contributed by atoms with Crippen molar-refractivity contribution in [1.29, 1.82) is 0 Å². The quantitative estimate of drug-likeness (QED) is 0.904. The van der Waals surface area contributed by atoms with E-state index in [1.807, 2.05) is 4.90 Å². The van der Waals surface area contributed by atoms with Crippen molar-refractivity contribution in [3.63, 3.8) is 0 Å². The van der Waals surface area contributed by atoms with E-state index in [9.17, 15) is 9.50 Å². The number of hydrogen-bond acceptors (Lipinski definition) is 4. The van der Waals surface area contributed by atoms with E-state index in [1.54, 1.807) is 33.3 Å². The fourth-order valence-electron chi connectivity index (χ4n) is 2.58. The zero-order valence-electron chi connectivity index (χ0n) is 11.5. The van der Waals surface area contributed by atoms with Crippen LogP contribution < -0.4 is 4.90 Å². The highest BCUT2D eigenvalue weighted by atomic mass is 19.1. The topological polar surface area (TPSA) is 41.9 Å². The van der Waals surface area contributed by atoms with Gasteiger partial charge in [-0.05, 0) is 13.0 Å². The van der Waals surface area contributed by atoms with Gasteiger partial charge in [0.15, 0.2) is 0 Å². The van der Waals surface area contributed by atoms with Gasteiger partial charge >= 0.3 is 0 Å². The zero-order valence-corrected chi connectivity index (χ0v) is 11.5. The summed E-state index contributed by atoms with van der Waals surface area (Å²) in [5.41, 5.74) is 1.03. The van der Waals surface area contributed by atoms with Crippen LogP contribution in [0.25, 0.3) is 0 Å². The molecule has 1 aliphatic heterocycles. The summed E-state index contributed by atoms with van der Waals surface area (Å²) < 4.78 is 24.8. The lowest BCUT2D eigenvalue weighted by atomic mass is 10.1. The Hall–Kier alpha value is -1.17. The Balaban J connectivity index is 2.33. The largest absolute Gasteiger partial charge is 0.389 e. The molecule has 1 aromatic rings. The van der Waals surface area contributed by atoms with E-state index in [-0.39, 0.29) is 18.0 Å². The molecule has 0 aromatic heterocycles. The lowest BCUT2D eigenvalue weighted by Crippen LogP contribution is -2.27. The van der Waals surface area contributed by atoms with Gasteiger partial charge in [-0.15, -0.1) is 0 Å². The van der Waals surface area contributed by atoms with Crippen molar-refractivity contribution in [3.05, 3.63) is 29.6 Å². The Morgan fingerprint density at radius 2 is 1.84 bits per heavy atom. The van der Waals surface area contributed by atoms with Crippen LogP contribution in [0.5, 0.6) is 0 Å². The number of aliphatic hydroxyl groups is 1. The normalized spacial score (nSPS) is 24.8. The molecule has 1 aliphatic rings. The van der Waals surface area contributed by atoms with Crippen LogP contribution in [-0.4, -0.2) is 44.6 Å². The Morgan fingerprint density at radius 3 is 2.32 bits per heavy atom. The van der Waals surface area contributed by atoms with E-state index < -0.39 is 6.10 Å². The molecule has 1 aromatic carbocycles. The van der Waals surface area contributed by atoms with Crippen molar-refractivity contribution >= 4 is 5.69 Å². The first-order valence-electron chi connectivity index (χ1n) is 6.35. The maximum absolute atomic E-state index is 14.1. The summed E-state index contributed by atoms with van der Waals surface area (Å²) in [7, 11) is 3.24. The van der Waals surface area contributed by atoms with Crippen LogP contribution in [0.15, 0.2) is 18.2 Å². The molecule has 1 fully saturated rings. The predicted molar refractivity (Wildman–Crippen MR) is 70.8 cm³/mol. The standard InChI is InChI=1S/C14H20FNO3/c1-9(17)10-5-4-6-11(15)14(10)16-7-12(18-2)13(8-16)19-3/h4-6,9,12-13,17H,7-8H2,1-3H3/t9-,12?,13?/m0/s1. The summed E-state index contributed by atoms with van der Waals surface area (Å²) in [6.45, 7) is 2.74. The monoisotopic (exact) mass is 269 g/mol. The molecule has 0 saturated carbocycles. The molecule has 2 rings (SSSR count). The van der Waals surface area contributed by atoms with Gasteiger partial charge in [-0.3, -0.25) is 0 Å². The summed E-state index contributed by atoms with van der Waals surface area (Å²) >= 11 is 0. The molecule has 0 amide bonds. The maximum Gasteiger partial charge on any atom is 0.146 e. The molecule has 5 heteroatoms. The fourth-order valence-corrected chi connectivity index (χ4v) is 2.58. The van der Waals surface area contributed by atoms with Crippen LogP contribution in [0.4, 0.5) is 10.1 Å². The number of benzene rings is 1. The molecule has 1 N–H and O–H groups in total. The lowest BCUT2D eigenvalue weighted by Gasteiger charge is -2.23. The van der Waals surface area contributed by atoms with Crippen LogP contribution in [0.3, 0.4) is 0 Å². The molecule has 3 atom stereocenters. The molecule has 1 heterocycles. The minimum atomic E-state index is -0.715. The predicted octanol–water partition coefficient (Wildman–Crippen LogP) is 1.73. The van der Waals surface area contributed by atoms with E-state index in [0.29, 0.717) is 24.3 Å². The average Bonchev–Trinajstić information content (AvgIpc) is 2.81. The summed E-state index contributed by atoms with van der Waals surface area (Å²) in [5.74, 6) is -0.329. The Kier molecular flexibility index (Phi) is 4.39. The number of anilines is 1. The van der Waals surface area contributed by atoms with Gasteiger partial charge in [-0.1, -0.05) is 12.1 Å². The third-order valence-electron chi connectivity index (χ3n) is 3.61. The number of ether oxygens (including phenoxy) is 2. The molecule has 19 heavy (non-hydrogen) atoms. The number of nitrogens with zero attached hydrogens (tertiary/aromatic N) is 1. The smallest absolute Gasteiger partial charge is 0.146 e. The van der Waals surface area contributed by atoms with Gasteiger partial charge in [0.2, 0.25) is 0 Å². The molecule has 106 valence electrons. The van der Waals surface area contributed by atoms with Gasteiger partial charge in [0.25, 0.3) is 0 Å². The van der Waals surface area contributed by atoms with Gasteiger partial charge in [0, 0.05) is 32.9 Å². The highest BCUT2D eigenvalue weighted by molar-refractivity contribution is 5.57. The van der Waals surface area contributed by atoms with Crippen molar-refractivity contribution in [3.8, 4) is 0 Å². The first-order chi connectivity index (χ1) is 9.08. The first-order valence-corrected chi connectivity index (χ1v) is 6.35. The molecule has 0 spiro atoms. The highest BCUT2D eigenvalue weighted by Crippen LogP contribution is 2.32. The molecule has 4 nitrogen and oxygen atoms in total. The average molecular weight is 269 g/mol. The van der Waals surface area contributed by atoms with Crippen LogP contribution >= 0.6 is 0 Å². The minimum absolute atomic E-state index is 0.0912. The van der Waals surface area contributed by atoms with Crippen LogP contribution in [0.2, 0.25) is 0 Å². The third kappa shape index (κ3) is 2.73. The van der Waals surface area contributed by atoms with Crippen molar-refractivity contribution < 1.29 is 19.0 Å². The fraction of sp³-hybridized carbons (Fsp3) is 0.571. The van der Waals surface area contributed by atoms with Gasteiger partial charge < -0.3 is 19.5 Å². The van der Waals surface area contributed by atoms with E-state index in [4.69, 9.17) is 9.47 Å². The van der Waals surface area contributed by atoms with Gasteiger partial charge in [0.1, 0.15) is 18.0 Å². The van der Waals surface area contributed by atoms with Crippen molar-refractivity contribution in [1.82, 2.24) is 0 Å². The van der Waals surface area contributed by atoms with E-state index >= 15 is 0 Å². The number of hydrogen-bond donors (Lipinski definition) is 1. The lowest BCUT2D eigenvalue weighted by molar-refractivity contribution is -0.00461. The Morgan fingerprint density at radius 1 is 1.26 bits per heavy atom. The minimum Gasteiger partial charge on any atom is -0.389 e. The summed E-state index contributed by atoms with van der Waals surface area (Å²) in [6, 6.07) is 4.76. The number of para-hydroxylation sites is 1. The second-order valence-electron chi connectivity index (χ2n) is 4.81. The summed E-state index contributed by atoms with van der Waals surface area (Å²) in [6.07, 6.45) is -0.897. The molecule has 1 saturated heterocycles. The molecule has 0 bridgehead atoms. The number of rotatable bonds is 4. The Labute approximate surface area is 112 Å². The van der Waals surface area contributed by atoms with Gasteiger partial charge in [-0.25, -0.2) is 4.39 Å². The number of methoxy groups -OCH3 is 2. The van der Waals surface area contributed by atoms with Gasteiger partial charge in [0.05, 0.1) is 11.8 Å². The van der Waals surface area contributed by atoms with Crippen LogP contribution in [0, 0.1) is 5.82 Å². The van der Waals surface area contributed by atoms with E-state index in [1.165, 1.54) is 6.07 Å². The molecular weight excluding hydrogens is 249 g/mol. The van der Waals surface area contributed by atoms with Gasteiger partial charge in [-0.2, -0.15) is 0 Å². The third-order valence-corrected chi connectivity index (χ3v) is 3.61. The molecule has 2 unspecified atom stereocenters. The number of halogens is 1. The number of aliphatic hydroxyl groups excluding tert-OH is 1. The first kappa shape index (κ1) is 14.2. The molecular formula is C14H20FNO3. The van der Waals surface area contributed by atoms with Crippen LogP contribution in [-0.2, 0) is 9.47 Å². The maximum atomic E-state index is 14.1. The van der Waals surface area contributed by atoms with Crippen molar-refractivity contribution in [2.75, 3.05) is 32.2 Å². The summed E-state index contributed by atoms with van der Waals surface area (Å²) in [4.78, 5) is 1.87. The zero-order chi connectivity index (χ0) is 14.0. The van der Waals surface area contributed by atoms with E-state index in [2.05, 4.69) is 0 Å². The molecule has 0 radical (unpaired) electrons. The van der Waals surface area contributed by atoms with Crippen LogP contribution in [0.1, 0.15) is 18.6 Å². The molecule has 0 aliphatic carbocycles. The van der Waals surface area contributed by atoms with Crippen molar-refractivity contribution in [2.24, 2.45) is 0 Å². The highest BCUT2D eigenvalue weighted by Gasteiger charge is 2.35. The van der Waals surface area contributed by atoms with Crippen molar-refractivity contribution in [2.45, 2.75) is 25.2 Å². The second-order valence-corrected chi connectivity index (χ2v) is 4.81. The second kappa shape index (κ2) is 5.86. The summed E-state index contributed by atoms with van der Waals surface area (Å²) in [5, 5.41) is 9.78. The van der Waals surface area contributed by atoms with E-state index in [0.717, 1.165) is 0 Å².